The molecule has 0 aliphatic rings. The van der Waals surface area contributed by atoms with Crippen molar-refractivity contribution < 1.29 is 13.2 Å². The molecular formula is C12H7ClF3N. The van der Waals surface area contributed by atoms with Gasteiger partial charge in [0.05, 0.1) is 10.7 Å². The van der Waals surface area contributed by atoms with Gasteiger partial charge in [0.15, 0.2) is 0 Å². The summed E-state index contributed by atoms with van der Waals surface area (Å²) in [4.78, 5) is 0. The average molecular weight is 258 g/mol. The van der Waals surface area contributed by atoms with Gasteiger partial charge < -0.3 is 5.73 Å². The lowest BCUT2D eigenvalue weighted by Crippen LogP contribution is -1.94. The van der Waals surface area contributed by atoms with Crippen molar-refractivity contribution in [2.45, 2.75) is 0 Å². The minimum atomic E-state index is -0.764. The Bertz CT molecular complexity index is 564. The topological polar surface area (TPSA) is 26.0 Å². The SMILES string of the molecule is Nc1c(Cl)cc(F)cc1-c1cc(F)cc(F)c1. The number of halogens is 4. The molecule has 0 saturated heterocycles. The second-order valence-electron chi connectivity index (χ2n) is 3.51. The lowest BCUT2D eigenvalue weighted by molar-refractivity contribution is 0.584. The quantitative estimate of drug-likeness (QED) is 0.768. The third-order valence-corrected chi connectivity index (χ3v) is 2.58. The third-order valence-electron chi connectivity index (χ3n) is 2.27. The number of nitrogens with two attached hydrogens (primary N) is 1. The van der Waals surface area contributed by atoms with Crippen molar-refractivity contribution in [3.63, 3.8) is 0 Å². The molecule has 0 aliphatic heterocycles. The zero-order chi connectivity index (χ0) is 12.6. The molecule has 0 aromatic heterocycles. The second kappa shape index (κ2) is 4.30. The second-order valence-corrected chi connectivity index (χ2v) is 3.91. The molecular weight excluding hydrogens is 251 g/mol. The largest absolute Gasteiger partial charge is 0.397 e. The maximum Gasteiger partial charge on any atom is 0.126 e. The first-order valence-electron chi connectivity index (χ1n) is 4.68. The van der Waals surface area contributed by atoms with E-state index >= 15 is 0 Å². The summed E-state index contributed by atoms with van der Waals surface area (Å²) in [7, 11) is 0. The van der Waals surface area contributed by atoms with Crippen LogP contribution in [0.1, 0.15) is 0 Å². The number of hydrogen-bond donors (Lipinski definition) is 1. The molecule has 2 aromatic rings. The Labute approximate surface area is 101 Å². The van der Waals surface area contributed by atoms with Crippen molar-refractivity contribution in [2.75, 3.05) is 5.73 Å². The molecule has 0 radical (unpaired) electrons. The van der Waals surface area contributed by atoms with Gasteiger partial charge in [-0.05, 0) is 29.8 Å². The highest BCUT2D eigenvalue weighted by Gasteiger charge is 2.11. The van der Waals surface area contributed by atoms with Crippen LogP contribution in [0.3, 0.4) is 0 Å². The fourth-order valence-electron chi connectivity index (χ4n) is 1.53. The fourth-order valence-corrected chi connectivity index (χ4v) is 1.74. The van der Waals surface area contributed by atoms with Crippen LogP contribution in [0.2, 0.25) is 5.02 Å². The van der Waals surface area contributed by atoms with E-state index in [0.717, 1.165) is 30.3 Å². The third kappa shape index (κ3) is 2.36. The normalized spacial score (nSPS) is 10.6. The van der Waals surface area contributed by atoms with Gasteiger partial charge in [0, 0.05) is 11.6 Å². The van der Waals surface area contributed by atoms with Crippen LogP contribution in [0.4, 0.5) is 18.9 Å². The Morgan fingerprint density at radius 2 is 1.35 bits per heavy atom. The summed E-state index contributed by atoms with van der Waals surface area (Å²) in [6.45, 7) is 0. The highest BCUT2D eigenvalue weighted by atomic mass is 35.5. The number of rotatable bonds is 1. The number of anilines is 1. The van der Waals surface area contributed by atoms with E-state index in [2.05, 4.69) is 0 Å². The predicted molar refractivity (Wildman–Crippen MR) is 61.2 cm³/mol. The van der Waals surface area contributed by atoms with Crippen LogP contribution in [0.5, 0.6) is 0 Å². The fraction of sp³-hybridized carbons (Fsp3) is 0. The summed E-state index contributed by atoms with van der Waals surface area (Å²) >= 11 is 5.70. The molecule has 0 amide bonds. The minimum absolute atomic E-state index is 0.00432. The summed E-state index contributed by atoms with van der Waals surface area (Å²) in [6, 6.07) is 4.96. The van der Waals surface area contributed by atoms with Crippen LogP contribution >= 0.6 is 11.6 Å². The number of hydrogen-bond acceptors (Lipinski definition) is 1. The molecule has 2 N–H and O–H groups in total. The first-order chi connectivity index (χ1) is 7.97. The summed E-state index contributed by atoms with van der Waals surface area (Å²) in [5.41, 5.74) is 6.02. The van der Waals surface area contributed by atoms with Gasteiger partial charge in [-0.25, -0.2) is 13.2 Å². The lowest BCUT2D eigenvalue weighted by atomic mass is 10.0. The van der Waals surface area contributed by atoms with Crippen LogP contribution < -0.4 is 5.73 Å². The molecule has 0 atom stereocenters. The van der Waals surface area contributed by atoms with E-state index in [1.807, 2.05) is 0 Å². The van der Waals surface area contributed by atoms with Gasteiger partial charge in [-0.1, -0.05) is 11.6 Å². The smallest absolute Gasteiger partial charge is 0.126 e. The molecule has 0 unspecified atom stereocenters. The van der Waals surface area contributed by atoms with Crippen LogP contribution in [0, 0.1) is 17.5 Å². The van der Waals surface area contributed by atoms with Crippen LogP contribution in [-0.4, -0.2) is 0 Å². The van der Waals surface area contributed by atoms with E-state index in [-0.39, 0.29) is 21.8 Å². The minimum Gasteiger partial charge on any atom is -0.397 e. The van der Waals surface area contributed by atoms with E-state index in [1.165, 1.54) is 0 Å². The van der Waals surface area contributed by atoms with E-state index in [1.54, 1.807) is 0 Å². The highest BCUT2D eigenvalue weighted by Crippen LogP contribution is 2.33. The van der Waals surface area contributed by atoms with Crippen molar-refractivity contribution in [2.24, 2.45) is 0 Å². The molecule has 2 rings (SSSR count). The van der Waals surface area contributed by atoms with E-state index < -0.39 is 17.5 Å². The lowest BCUT2D eigenvalue weighted by Gasteiger charge is -2.08. The van der Waals surface area contributed by atoms with Gasteiger partial charge >= 0.3 is 0 Å². The summed E-state index contributed by atoms with van der Waals surface area (Å²) < 4.78 is 39.2. The van der Waals surface area contributed by atoms with Crippen molar-refractivity contribution in [1.82, 2.24) is 0 Å². The van der Waals surface area contributed by atoms with Crippen molar-refractivity contribution in [3.8, 4) is 11.1 Å². The molecule has 0 aliphatic carbocycles. The number of nitrogen functional groups attached to an aromatic ring is 1. The molecule has 1 nitrogen and oxygen atoms in total. The Kier molecular flexibility index (Phi) is 2.98. The van der Waals surface area contributed by atoms with Crippen molar-refractivity contribution in [3.05, 3.63) is 52.8 Å². The Morgan fingerprint density at radius 3 is 1.94 bits per heavy atom. The first kappa shape index (κ1) is 11.8. The zero-order valence-corrected chi connectivity index (χ0v) is 9.23. The van der Waals surface area contributed by atoms with Crippen LogP contribution in [-0.2, 0) is 0 Å². The van der Waals surface area contributed by atoms with Gasteiger partial charge in [0.25, 0.3) is 0 Å². The molecule has 17 heavy (non-hydrogen) atoms. The average Bonchev–Trinajstić information content (AvgIpc) is 2.22. The predicted octanol–water partition coefficient (Wildman–Crippen LogP) is 4.01. The van der Waals surface area contributed by atoms with Gasteiger partial charge in [-0.3, -0.25) is 0 Å². The van der Waals surface area contributed by atoms with E-state index in [4.69, 9.17) is 17.3 Å². The van der Waals surface area contributed by atoms with Crippen molar-refractivity contribution >= 4 is 17.3 Å². The number of benzene rings is 2. The Hall–Kier alpha value is -1.68. The first-order valence-corrected chi connectivity index (χ1v) is 5.06. The van der Waals surface area contributed by atoms with E-state index in [9.17, 15) is 13.2 Å². The van der Waals surface area contributed by atoms with Gasteiger partial charge in [0.2, 0.25) is 0 Å². The standard InChI is InChI=1S/C12H7ClF3N/c13-11-5-9(16)4-10(12(11)17)6-1-7(14)3-8(15)2-6/h1-5H,17H2. The van der Waals surface area contributed by atoms with Gasteiger partial charge in [-0.2, -0.15) is 0 Å². The monoisotopic (exact) mass is 257 g/mol. The molecule has 0 heterocycles. The molecule has 0 spiro atoms. The molecule has 0 fully saturated rings. The molecule has 0 bridgehead atoms. The highest BCUT2D eigenvalue weighted by molar-refractivity contribution is 6.33. The van der Waals surface area contributed by atoms with Crippen LogP contribution in [0.25, 0.3) is 11.1 Å². The Morgan fingerprint density at radius 1 is 0.824 bits per heavy atom. The molecule has 88 valence electrons. The van der Waals surface area contributed by atoms with Crippen LogP contribution in [0.15, 0.2) is 30.3 Å². The maximum atomic E-state index is 13.2. The van der Waals surface area contributed by atoms with Crippen molar-refractivity contribution in [1.29, 1.82) is 0 Å². The zero-order valence-electron chi connectivity index (χ0n) is 8.48. The summed E-state index contributed by atoms with van der Waals surface area (Å²) in [6.07, 6.45) is 0. The molecule has 2 aromatic carbocycles. The van der Waals surface area contributed by atoms with Gasteiger partial charge in [-0.15, -0.1) is 0 Å². The maximum absolute atomic E-state index is 13.2. The molecule has 5 heteroatoms. The summed E-state index contributed by atoms with van der Waals surface area (Å²) in [5, 5.41) is 0.00432. The Balaban J connectivity index is 2.67. The van der Waals surface area contributed by atoms with E-state index in [0.29, 0.717) is 0 Å². The summed E-state index contributed by atoms with van der Waals surface area (Å²) in [5.74, 6) is -2.15. The van der Waals surface area contributed by atoms with Gasteiger partial charge in [0.1, 0.15) is 17.5 Å². The molecule has 0 saturated carbocycles.